The van der Waals surface area contributed by atoms with Crippen LogP contribution in [-0.2, 0) is 4.79 Å². The highest BCUT2D eigenvalue weighted by Crippen LogP contribution is 2.15. The Morgan fingerprint density at radius 2 is 2.00 bits per heavy atom. The highest BCUT2D eigenvalue weighted by molar-refractivity contribution is 5.88. The molecule has 7 nitrogen and oxygen atoms in total. The second-order valence-electron chi connectivity index (χ2n) is 5.47. The number of aryl methyl sites for hydroxylation is 1. The molecule has 0 fully saturated rings. The number of benzene rings is 1. The summed E-state index contributed by atoms with van der Waals surface area (Å²) in [5, 5.41) is 15.9. The van der Waals surface area contributed by atoms with E-state index in [4.69, 9.17) is 5.11 Å². The number of urea groups is 1. The number of carbonyl (C=O) groups excluding carboxylic acids is 1. The predicted molar refractivity (Wildman–Crippen MR) is 86.7 cm³/mol. The molecule has 122 valence electrons. The van der Waals surface area contributed by atoms with Crippen LogP contribution in [0.25, 0.3) is 5.69 Å². The molecule has 0 bridgehead atoms. The minimum absolute atomic E-state index is 0.125. The van der Waals surface area contributed by atoms with E-state index < -0.39 is 17.9 Å². The quantitative estimate of drug-likeness (QED) is 0.886. The summed E-state index contributed by atoms with van der Waals surface area (Å²) in [6.45, 7) is 3.58. The molecule has 7 heteroatoms. The van der Waals surface area contributed by atoms with Crippen molar-refractivity contribution in [1.82, 2.24) is 14.7 Å². The largest absolute Gasteiger partial charge is 0.481 e. The molecule has 23 heavy (non-hydrogen) atoms. The average molecular weight is 316 g/mol. The van der Waals surface area contributed by atoms with Gasteiger partial charge in [0, 0.05) is 25.4 Å². The molecule has 0 aliphatic rings. The molecular formula is C16H20N4O3. The van der Waals surface area contributed by atoms with Crippen LogP contribution in [0.4, 0.5) is 10.6 Å². The second kappa shape index (κ2) is 6.95. The number of amides is 2. The van der Waals surface area contributed by atoms with Crippen LogP contribution in [-0.4, -0.2) is 45.4 Å². The van der Waals surface area contributed by atoms with E-state index in [-0.39, 0.29) is 6.54 Å². The number of carboxylic acids is 1. The monoisotopic (exact) mass is 316 g/mol. The molecule has 1 unspecified atom stereocenters. The molecule has 0 spiro atoms. The number of carboxylic acid groups (broad SMARTS) is 1. The fourth-order valence-electron chi connectivity index (χ4n) is 2.14. The summed E-state index contributed by atoms with van der Waals surface area (Å²) in [6.07, 6.45) is 0. The number of rotatable bonds is 5. The zero-order valence-corrected chi connectivity index (χ0v) is 13.4. The number of hydrogen-bond acceptors (Lipinski definition) is 3. The predicted octanol–water partition coefficient (Wildman–Crippen LogP) is 2.37. The van der Waals surface area contributed by atoms with Gasteiger partial charge in [-0.1, -0.05) is 25.1 Å². The molecule has 2 aromatic rings. The summed E-state index contributed by atoms with van der Waals surface area (Å²) in [4.78, 5) is 24.3. The number of carbonyl (C=O) groups is 2. The fourth-order valence-corrected chi connectivity index (χ4v) is 2.14. The molecule has 1 aromatic heterocycles. The molecule has 1 aromatic carbocycles. The molecule has 0 aliphatic carbocycles. The van der Waals surface area contributed by atoms with E-state index in [1.54, 1.807) is 24.7 Å². The number of aliphatic carboxylic acids is 1. The summed E-state index contributed by atoms with van der Waals surface area (Å²) in [7, 11) is 1.55. The minimum Gasteiger partial charge on any atom is -0.481 e. The van der Waals surface area contributed by atoms with Crippen LogP contribution in [0.3, 0.4) is 0 Å². The van der Waals surface area contributed by atoms with Gasteiger partial charge in [0.25, 0.3) is 0 Å². The van der Waals surface area contributed by atoms with Crippen molar-refractivity contribution in [3.63, 3.8) is 0 Å². The van der Waals surface area contributed by atoms with Crippen molar-refractivity contribution in [2.24, 2.45) is 5.92 Å². The number of aromatic nitrogens is 2. The van der Waals surface area contributed by atoms with Gasteiger partial charge in [-0.25, -0.2) is 9.48 Å². The molecule has 2 N–H and O–H groups in total. The lowest BCUT2D eigenvalue weighted by Crippen LogP contribution is -2.36. The summed E-state index contributed by atoms with van der Waals surface area (Å²) >= 11 is 0. The maximum Gasteiger partial charge on any atom is 0.322 e. The molecule has 0 radical (unpaired) electrons. The van der Waals surface area contributed by atoms with Gasteiger partial charge < -0.3 is 10.0 Å². The summed E-state index contributed by atoms with van der Waals surface area (Å²) in [6, 6.07) is 11.0. The molecule has 1 heterocycles. The van der Waals surface area contributed by atoms with Crippen molar-refractivity contribution >= 4 is 17.8 Å². The normalized spacial score (nSPS) is 11.8. The SMILES string of the molecule is Cc1cc(NC(=O)N(C)CC(C)C(=O)O)nn1-c1ccccc1. The van der Waals surface area contributed by atoms with Gasteiger partial charge in [-0.3, -0.25) is 10.1 Å². The van der Waals surface area contributed by atoms with Crippen molar-refractivity contribution < 1.29 is 14.7 Å². The van der Waals surface area contributed by atoms with E-state index >= 15 is 0 Å². The first kappa shape index (κ1) is 16.5. The topological polar surface area (TPSA) is 87.5 Å². The number of anilines is 1. The van der Waals surface area contributed by atoms with Crippen molar-refractivity contribution in [3.05, 3.63) is 42.1 Å². The second-order valence-corrected chi connectivity index (χ2v) is 5.47. The van der Waals surface area contributed by atoms with E-state index in [0.29, 0.717) is 5.82 Å². The Morgan fingerprint density at radius 3 is 2.61 bits per heavy atom. The molecule has 0 aliphatic heterocycles. The third kappa shape index (κ3) is 4.09. The van der Waals surface area contributed by atoms with Crippen molar-refractivity contribution in [2.75, 3.05) is 18.9 Å². The van der Waals surface area contributed by atoms with E-state index in [2.05, 4.69) is 10.4 Å². The van der Waals surface area contributed by atoms with E-state index in [1.807, 2.05) is 37.3 Å². The zero-order chi connectivity index (χ0) is 17.0. The third-order valence-electron chi connectivity index (χ3n) is 3.44. The summed E-state index contributed by atoms with van der Waals surface area (Å²) in [5.41, 5.74) is 1.78. The Labute approximate surface area is 134 Å². The van der Waals surface area contributed by atoms with Crippen LogP contribution in [0, 0.1) is 12.8 Å². The van der Waals surface area contributed by atoms with Crippen LogP contribution in [0.2, 0.25) is 0 Å². The fraction of sp³-hybridized carbons (Fsp3) is 0.312. The Hall–Kier alpha value is -2.83. The van der Waals surface area contributed by atoms with E-state index in [0.717, 1.165) is 11.4 Å². The van der Waals surface area contributed by atoms with Gasteiger partial charge in [0.15, 0.2) is 5.82 Å². The number of nitrogens with one attached hydrogen (secondary N) is 1. The van der Waals surface area contributed by atoms with Gasteiger partial charge in [-0.15, -0.1) is 5.10 Å². The first-order valence-electron chi connectivity index (χ1n) is 7.25. The van der Waals surface area contributed by atoms with Crippen LogP contribution >= 0.6 is 0 Å². The first-order valence-corrected chi connectivity index (χ1v) is 7.25. The molecule has 1 atom stereocenters. The smallest absolute Gasteiger partial charge is 0.322 e. The maximum atomic E-state index is 12.1. The van der Waals surface area contributed by atoms with Crippen LogP contribution in [0.5, 0.6) is 0 Å². The highest BCUT2D eigenvalue weighted by atomic mass is 16.4. The van der Waals surface area contributed by atoms with Crippen LogP contribution in [0.1, 0.15) is 12.6 Å². The Kier molecular flexibility index (Phi) is 5.00. The van der Waals surface area contributed by atoms with Gasteiger partial charge in [-0.2, -0.15) is 0 Å². The summed E-state index contributed by atoms with van der Waals surface area (Å²) in [5.74, 6) is -1.14. The molecular weight excluding hydrogens is 296 g/mol. The van der Waals surface area contributed by atoms with E-state index in [9.17, 15) is 9.59 Å². The van der Waals surface area contributed by atoms with Gasteiger partial charge in [0.05, 0.1) is 11.6 Å². The third-order valence-corrected chi connectivity index (χ3v) is 3.44. The minimum atomic E-state index is -0.936. The lowest BCUT2D eigenvalue weighted by Gasteiger charge is -2.19. The number of nitrogens with zero attached hydrogens (tertiary/aromatic N) is 3. The lowest BCUT2D eigenvalue weighted by atomic mass is 10.2. The van der Waals surface area contributed by atoms with Crippen LogP contribution < -0.4 is 5.32 Å². The van der Waals surface area contributed by atoms with Gasteiger partial charge >= 0.3 is 12.0 Å². The average Bonchev–Trinajstić information content (AvgIpc) is 2.88. The molecule has 0 saturated heterocycles. The molecule has 2 rings (SSSR count). The summed E-state index contributed by atoms with van der Waals surface area (Å²) < 4.78 is 1.73. The van der Waals surface area contributed by atoms with E-state index in [1.165, 1.54) is 4.90 Å². The number of para-hydroxylation sites is 1. The van der Waals surface area contributed by atoms with Crippen LogP contribution in [0.15, 0.2) is 36.4 Å². The molecule has 0 saturated carbocycles. The zero-order valence-electron chi connectivity index (χ0n) is 13.4. The maximum absolute atomic E-state index is 12.1. The lowest BCUT2D eigenvalue weighted by molar-refractivity contribution is -0.141. The highest BCUT2D eigenvalue weighted by Gasteiger charge is 2.18. The Bertz CT molecular complexity index is 697. The van der Waals surface area contributed by atoms with Crippen molar-refractivity contribution in [1.29, 1.82) is 0 Å². The molecule has 2 amide bonds. The van der Waals surface area contributed by atoms with Gasteiger partial charge in [-0.05, 0) is 19.1 Å². The van der Waals surface area contributed by atoms with Gasteiger partial charge in [0.2, 0.25) is 0 Å². The number of hydrogen-bond donors (Lipinski definition) is 2. The standard InChI is InChI=1S/C16H20N4O3/c1-11(15(21)22)10-19(3)16(23)17-14-9-12(2)20(18-14)13-7-5-4-6-8-13/h4-9,11H,10H2,1-3H3,(H,21,22)(H,17,18,23). The van der Waals surface area contributed by atoms with Crippen molar-refractivity contribution in [3.8, 4) is 5.69 Å². The van der Waals surface area contributed by atoms with Gasteiger partial charge in [0.1, 0.15) is 0 Å². The van der Waals surface area contributed by atoms with Crippen molar-refractivity contribution in [2.45, 2.75) is 13.8 Å². The Balaban J connectivity index is 2.06. The first-order chi connectivity index (χ1) is 10.9. The Morgan fingerprint density at radius 1 is 1.35 bits per heavy atom.